The molecule has 5 nitrogen and oxygen atoms in total. The van der Waals surface area contributed by atoms with E-state index in [1.54, 1.807) is 0 Å². The van der Waals surface area contributed by atoms with Gasteiger partial charge in [-0.2, -0.15) is 5.10 Å². The Labute approximate surface area is 115 Å². The predicted molar refractivity (Wildman–Crippen MR) is 77.2 cm³/mol. The predicted octanol–water partition coefficient (Wildman–Crippen LogP) is 2.02. The third kappa shape index (κ3) is 4.42. The summed E-state index contributed by atoms with van der Waals surface area (Å²) in [7, 11) is 0. The SMILES string of the molecule is Cc1nnc(NCC(C)CN2CCCCC2)nc1C. The van der Waals surface area contributed by atoms with Crippen LogP contribution >= 0.6 is 0 Å². The van der Waals surface area contributed by atoms with Crippen LogP contribution in [0.3, 0.4) is 0 Å². The lowest BCUT2D eigenvalue weighted by molar-refractivity contribution is 0.204. The number of piperidine rings is 1. The summed E-state index contributed by atoms with van der Waals surface area (Å²) < 4.78 is 0. The molecule has 1 atom stereocenters. The Balaban J connectivity index is 1.75. The lowest BCUT2D eigenvalue weighted by Crippen LogP contribution is -2.35. The van der Waals surface area contributed by atoms with Crippen molar-refractivity contribution >= 4 is 5.95 Å². The molecule has 1 aromatic rings. The lowest BCUT2D eigenvalue weighted by Gasteiger charge is -2.29. The minimum Gasteiger partial charge on any atom is -0.353 e. The summed E-state index contributed by atoms with van der Waals surface area (Å²) in [5, 5.41) is 11.4. The molecule has 1 saturated heterocycles. The molecule has 19 heavy (non-hydrogen) atoms. The van der Waals surface area contributed by atoms with Gasteiger partial charge in [0.05, 0.1) is 11.4 Å². The number of hydrogen-bond donors (Lipinski definition) is 1. The number of rotatable bonds is 5. The lowest BCUT2D eigenvalue weighted by atomic mass is 10.1. The Hall–Kier alpha value is -1.23. The van der Waals surface area contributed by atoms with Crippen molar-refractivity contribution in [2.75, 3.05) is 31.5 Å². The molecule has 0 saturated carbocycles. The van der Waals surface area contributed by atoms with E-state index in [-0.39, 0.29) is 0 Å². The Kier molecular flexibility index (Phi) is 5.07. The molecule has 106 valence electrons. The molecule has 1 aromatic heterocycles. The van der Waals surface area contributed by atoms with Crippen LogP contribution in [0, 0.1) is 19.8 Å². The minimum atomic E-state index is 0.600. The van der Waals surface area contributed by atoms with E-state index in [0.717, 1.165) is 24.5 Å². The summed E-state index contributed by atoms with van der Waals surface area (Å²) in [5.41, 5.74) is 1.84. The van der Waals surface area contributed by atoms with Crippen LogP contribution in [0.25, 0.3) is 0 Å². The van der Waals surface area contributed by atoms with Gasteiger partial charge in [0.2, 0.25) is 5.95 Å². The molecule has 0 bridgehead atoms. The zero-order valence-corrected chi connectivity index (χ0v) is 12.3. The maximum Gasteiger partial charge on any atom is 0.242 e. The molecule has 1 N–H and O–H groups in total. The van der Waals surface area contributed by atoms with Gasteiger partial charge < -0.3 is 10.2 Å². The zero-order chi connectivity index (χ0) is 13.7. The largest absolute Gasteiger partial charge is 0.353 e. The normalized spacial score (nSPS) is 18.3. The highest BCUT2D eigenvalue weighted by atomic mass is 15.2. The Morgan fingerprint density at radius 2 is 1.84 bits per heavy atom. The average molecular weight is 263 g/mol. The van der Waals surface area contributed by atoms with Gasteiger partial charge in [0.15, 0.2) is 0 Å². The second-order valence-electron chi connectivity index (χ2n) is 5.65. The van der Waals surface area contributed by atoms with Gasteiger partial charge in [-0.15, -0.1) is 5.10 Å². The third-order valence-corrected chi connectivity index (χ3v) is 3.72. The number of likely N-dealkylation sites (tertiary alicyclic amines) is 1. The molecule has 1 unspecified atom stereocenters. The van der Waals surface area contributed by atoms with E-state index >= 15 is 0 Å². The molecular weight excluding hydrogens is 238 g/mol. The van der Waals surface area contributed by atoms with Crippen molar-refractivity contribution in [1.29, 1.82) is 0 Å². The minimum absolute atomic E-state index is 0.600. The Morgan fingerprint density at radius 1 is 1.11 bits per heavy atom. The number of aryl methyl sites for hydroxylation is 2. The van der Waals surface area contributed by atoms with Crippen LogP contribution < -0.4 is 5.32 Å². The van der Waals surface area contributed by atoms with E-state index in [9.17, 15) is 0 Å². The monoisotopic (exact) mass is 263 g/mol. The van der Waals surface area contributed by atoms with E-state index < -0.39 is 0 Å². The van der Waals surface area contributed by atoms with E-state index in [1.807, 2.05) is 13.8 Å². The molecule has 2 rings (SSSR count). The summed E-state index contributed by atoms with van der Waals surface area (Å²) in [6, 6.07) is 0. The summed E-state index contributed by atoms with van der Waals surface area (Å²) in [6.07, 6.45) is 4.10. The van der Waals surface area contributed by atoms with Gasteiger partial charge in [0.25, 0.3) is 0 Å². The highest BCUT2D eigenvalue weighted by Crippen LogP contribution is 2.11. The van der Waals surface area contributed by atoms with Crippen molar-refractivity contribution in [3.63, 3.8) is 0 Å². The molecule has 1 aliphatic rings. The molecule has 1 aliphatic heterocycles. The van der Waals surface area contributed by atoms with Crippen molar-refractivity contribution in [2.45, 2.75) is 40.0 Å². The maximum atomic E-state index is 4.39. The molecular formula is C14H25N5. The van der Waals surface area contributed by atoms with Gasteiger partial charge in [-0.05, 0) is 45.7 Å². The van der Waals surface area contributed by atoms with E-state index in [4.69, 9.17) is 0 Å². The van der Waals surface area contributed by atoms with Crippen LogP contribution in [0.1, 0.15) is 37.6 Å². The van der Waals surface area contributed by atoms with Crippen LogP contribution in [0.5, 0.6) is 0 Å². The van der Waals surface area contributed by atoms with Crippen molar-refractivity contribution in [2.24, 2.45) is 5.92 Å². The molecule has 0 aromatic carbocycles. The van der Waals surface area contributed by atoms with Crippen molar-refractivity contribution in [1.82, 2.24) is 20.1 Å². The first-order chi connectivity index (χ1) is 9.15. The first kappa shape index (κ1) is 14.2. The fraction of sp³-hybridized carbons (Fsp3) is 0.786. The molecule has 0 amide bonds. The maximum absolute atomic E-state index is 4.39. The summed E-state index contributed by atoms with van der Waals surface area (Å²) in [5.74, 6) is 1.25. The van der Waals surface area contributed by atoms with Gasteiger partial charge in [0.1, 0.15) is 0 Å². The van der Waals surface area contributed by atoms with Gasteiger partial charge in [-0.1, -0.05) is 13.3 Å². The van der Waals surface area contributed by atoms with Crippen molar-refractivity contribution in [3.05, 3.63) is 11.4 Å². The molecule has 5 heteroatoms. The van der Waals surface area contributed by atoms with Gasteiger partial charge >= 0.3 is 0 Å². The number of aromatic nitrogens is 3. The number of nitrogens with one attached hydrogen (secondary N) is 1. The van der Waals surface area contributed by atoms with Crippen LogP contribution in [0.2, 0.25) is 0 Å². The topological polar surface area (TPSA) is 53.9 Å². The average Bonchev–Trinajstić information content (AvgIpc) is 2.41. The van der Waals surface area contributed by atoms with E-state index in [2.05, 4.69) is 32.3 Å². The van der Waals surface area contributed by atoms with Crippen LogP contribution in [0.4, 0.5) is 5.95 Å². The zero-order valence-electron chi connectivity index (χ0n) is 12.3. The van der Waals surface area contributed by atoms with Crippen molar-refractivity contribution < 1.29 is 0 Å². The summed E-state index contributed by atoms with van der Waals surface area (Å²) >= 11 is 0. The molecule has 2 heterocycles. The van der Waals surface area contributed by atoms with Gasteiger partial charge in [0, 0.05) is 13.1 Å². The summed E-state index contributed by atoms with van der Waals surface area (Å²) in [6.45, 7) is 10.7. The number of anilines is 1. The van der Waals surface area contributed by atoms with Crippen LogP contribution in [-0.4, -0.2) is 46.3 Å². The third-order valence-electron chi connectivity index (χ3n) is 3.72. The number of nitrogens with zero attached hydrogens (tertiary/aromatic N) is 4. The molecule has 0 aliphatic carbocycles. The standard InChI is InChI=1S/C14H25N5/c1-11(10-19-7-5-4-6-8-19)9-15-14-16-12(2)13(3)17-18-14/h11H,4-10H2,1-3H3,(H,15,16,18). The quantitative estimate of drug-likeness (QED) is 0.881. The second kappa shape index (κ2) is 6.80. The highest BCUT2D eigenvalue weighted by Gasteiger charge is 2.13. The van der Waals surface area contributed by atoms with Crippen LogP contribution in [-0.2, 0) is 0 Å². The van der Waals surface area contributed by atoms with Gasteiger partial charge in [-0.25, -0.2) is 4.98 Å². The van der Waals surface area contributed by atoms with Crippen LogP contribution in [0.15, 0.2) is 0 Å². The molecule has 1 fully saturated rings. The fourth-order valence-electron chi connectivity index (χ4n) is 2.44. The van der Waals surface area contributed by atoms with Gasteiger partial charge in [-0.3, -0.25) is 0 Å². The summed E-state index contributed by atoms with van der Waals surface area (Å²) in [4.78, 5) is 6.96. The smallest absolute Gasteiger partial charge is 0.242 e. The Morgan fingerprint density at radius 3 is 2.53 bits per heavy atom. The Bertz CT molecular complexity index is 401. The van der Waals surface area contributed by atoms with E-state index in [0.29, 0.717) is 11.9 Å². The first-order valence-electron chi connectivity index (χ1n) is 7.29. The highest BCUT2D eigenvalue weighted by molar-refractivity contribution is 5.24. The fourth-order valence-corrected chi connectivity index (χ4v) is 2.44. The number of hydrogen-bond acceptors (Lipinski definition) is 5. The van der Waals surface area contributed by atoms with Crippen molar-refractivity contribution in [3.8, 4) is 0 Å². The first-order valence-corrected chi connectivity index (χ1v) is 7.29. The molecule has 0 radical (unpaired) electrons. The molecule has 0 spiro atoms. The second-order valence-corrected chi connectivity index (χ2v) is 5.65. The van der Waals surface area contributed by atoms with E-state index in [1.165, 1.54) is 32.4 Å².